The van der Waals surface area contributed by atoms with E-state index in [2.05, 4.69) is 24.9 Å². The van der Waals surface area contributed by atoms with Gasteiger partial charge in [-0.3, -0.25) is 0 Å². The van der Waals surface area contributed by atoms with E-state index in [1.165, 1.54) is 11.3 Å². The number of hydrogen-bond acceptors (Lipinski definition) is 5. The summed E-state index contributed by atoms with van der Waals surface area (Å²) in [4.78, 5) is 5.29. The molecule has 0 spiro atoms. The van der Waals surface area contributed by atoms with Gasteiger partial charge >= 0.3 is 0 Å². The molecule has 1 heterocycles. The van der Waals surface area contributed by atoms with E-state index in [1.807, 2.05) is 22.9 Å². The van der Waals surface area contributed by atoms with Gasteiger partial charge in [-0.1, -0.05) is 52.8 Å². The molecule has 0 atom stereocenters. The molecule has 0 radical (unpaired) electrons. The maximum Gasteiger partial charge on any atom is 0.271 e. The molecule has 1 N–H and O–H groups in total. The number of thiazole rings is 1. The van der Waals surface area contributed by atoms with Gasteiger partial charge in [0.05, 0.1) is 10.2 Å². The molecule has 86 valence electrons. The Morgan fingerprint density at radius 3 is 3.00 bits per heavy atom. The fourth-order valence-electron chi connectivity index (χ4n) is 1.21. The highest BCUT2D eigenvalue weighted by molar-refractivity contribution is 8.76. The molecule has 2 nitrogen and oxygen atoms in total. The van der Waals surface area contributed by atoms with E-state index in [-0.39, 0.29) is 5.19 Å². The number of aromatic hydroxyl groups is 1. The smallest absolute Gasteiger partial charge is 0.271 e. The van der Waals surface area contributed by atoms with Gasteiger partial charge in [0.1, 0.15) is 0 Å². The van der Waals surface area contributed by atoms with Gasteiger partial charge in [-0.15, -0.1) is 0 Å². The van der Waals surface area contributed by atoms with Crippen molar-refractivity contribution >= 4 is 43.1 Å². The predicted molar refractivity (Wildman–Crippen MR) is 74.4 cm³/mol. The predicted octanol–water partition coefficient (Wildman–Crippen LogP) is 4.40. The number of fused-ring (bicyclic) bond motifs is 1. The molecule has 0 aliphatic rings. The Morgan fingerprint density at radius 2 is 2.25 bits per heavy atom. The molecule has 2 aromatic rings. The van der Waals surface area contributed by atoms with Crippen LogP contribution < -0.4 is 0 Å². The van der Waals surface area contributed by atoms with Crippen LogP contribution >= 0.6 is 32.9 Å². The monoisotopic (exact) mass is 271 g/mol. The molecule has 1 aromatic heterocycles. The van der Waals surface area contributed by atoms with Gasteiger partial charge in [-0.05, 0) is 18.1 Å². The lowest BCUT2D eigenvalue weighted by atomic mass is 10.3. The molecule has 0 aliphatic carbocycles. The van der Waals surface area contributed by atoms with Gasteiger partial charge in [0.25, 0.3) is 5.19 Å². The van der Waals surface area contributed by atoms with Crippen LogP contribution in [0, 0.1) is 5.92 Å². The third-order valence-electron chi connectivity index (χ3n) is 1.92. The lowest BCUT2D eigenvalue weighted by Gasteiger charge is -2.03. The summed E-state index contributed by atoms with van der Waals surface area (Å²) < 4.78 is 1.05. The van der Waals surface area contributed by atoms with Crippen LogP contribution in [0.25, 0.3) is 10.2 Å². The molecule has 5 heteroatoms. The Hall–Kier alpha value is -0.390. The van der Waals surface area contributed by atoms with Gasteiger partial charge in [0.2, 0.25) is 0 Å². The van der Waals surface area contributed by atoms with Crippen molar-refractivity contribution in [1.29, 1.82) is 0 Å². The van der Waals surface area contributed by atoms with Crippen molar-refractivity contribution in [3.63, 3.8) is 0 Å². The van der Waals surface area contributed by atoms with E-state index in [9.17, 15) is 5.11 Å². The molecule has 0 amide bonds. The summed E-state index contributed by atoms with van der Waals surface area (Å²) in [5.74, 6) is 1.82. The lowest BCUT2D eigenvalue weighted by Crippen LogP contribution is -1.87. The molecular weight excluding hydrogens is 258 g/mol. The van der Waals surface area contributed by atoms with Crippen LogP contribution in [-0.2, 0) is 0 Å². The Bertz CT molecular complexity index is 481. The van der Waals surface area contributed by atoms with Crippen LogP contribution in [0.1, 0.15) is 13.8 Å². The Kier molecular flexibility index (Phi) is 4.00. The third-order valence-corrected chi connectivity index (χ3v) is 5.47. The highest BCUT2D eigenvalue weighted by Gasteiger charge is 2.08. The minimum Gasteiger partial charge on any atom is -0.486 e. The molecular formula is C11H13NOS3. The summed E-state index contributed by atoms with van der Waals surface area (Å²) in [6.45, 7) is 4.42. The van der Waals surface area contributed by atoms with Gasteiger partial charge in [0, 0.05) is 10.6 Å². The van der Waals surface area contributed by atoms with E-state index in [0.717, 1.165) is 20.9 Å². The molecule has 0 fully saturated rings. The van der Waals surface area contributed by atoms with Crippen molar-refractivity contribution in [1.82, 2.24) is 4.98 Å². The molecule has 0 aliphatic heterocycles. The topological polar surface area (TPSA) is 33.1 Å². The Morgan fingerprint density at radius 1 is 1.44 bits per heavy atom. The van der Waals surface area contributed by atoms with Crippen molar-refractivity contribution in [3.05, 3.63) is 18.2 Å². The zero-order chi connectivity index (χ0) is 11.5. The zero-order valence-electron chi connectivity index (χ0n) is 9.14. The average molecular weight is 271 g/mol. The van der Waals surface area contributed by atoms with Gasteiger partial charge < -0.3 is 5.11 Å². The molecule has 1 aromatic carbocycles. The number of nitrogens with zero attached hydrogens (tertiary/aromatic N) is 1. The van der Waals surface area contributed by atoms with E-state index < -0.39 is 0 Å². The average Bonchev–Trinajstić information content (AvgIpc) is 2.58. The zero-order valence-corrected chi connectivity index (χ0v) is 11.6. The van der Waals surface area contributed by atoms with Gasteiger partial charge in [-0.25, -0.2) is 4.98 Å². The van der Waals surface area contributed by atoms with Crippen LogP contribution in [0.4, 0.5) is 0 Å². The summed E-state index contributed by atoms with van der Waals surface area (Å²) in [5, 5.41) is 9.54. The van der Waals surface area contributed by atoms with Crippen molar-refractivity contribution in [2.24, 2.45) is 5.92 Å². The quantitative estimate of drug-likeness (QED) is 0.836. The molecule has 0 unspecified atom stereocenters. The highest BCUT2D eigenvalue weighted by atomic mass is 33.1. The second kappa shape index (κ2) is 5.29. The summed E-state index contributed by atoms with van der Waals surface area (Å²) in [5.41, 5.74) is 0.922. The lowest BCUT2D eigenvalue weighted by molar-refractivity contribution is 0.472. The summed E-state index contributed by atoms with van der Waals surface area (Å²) >= 11 is 1.33. The van der Waals surface area contributed by atoms with Crippen LogP contribution in [-0.4, -0.2) is 15.8 Å². The Balaban J connectivity index is 2.17. The summed E-state index contributed by atoms with van der Waals surface area (Å²) in [6.07, 6.45) is 0. The first-order valence-corrected chi connectivity index (χ1v) is 8.18. The van der Waals surface area contributed by atoms with Crippen molar-refractivity contribution < 1.29 is 5.11 Å². The normalized spacial score (nSPS) is 11.4. The van der Waals surface area contributed by atoms with E-state index in [1.54, 1.807) is 10.8 Å². The standard InChI is InChI=1S/C11H13NOS3/c1-7(2)6-14-16-9-5-3-4-8-10(9)12-11(13)15-8/h3-5,7H,6H2,1-2H3,(H,12,13). The first-order chi connectivity index (χ1) is 7.66. The van der Waals surface area contributed by atoms with Crippen molar-refractivity contribution in [3.8, 4) is 5.19 Å². The molecule has 16 heavy (non-hydrogen) atoms. The second-order valence-corrected chi connectivity index (χ2v) is 7.25. The first-order valence-electron chi connectivity index (χ1n) is 5.05. The van der Waals surface area contributed by atoms with E-state index >= 15 is 0 Å². The van der Waals surface area contributed by atoms with E-state index in [0.29, 0.717) is 5.92 Å². The number of rotatable bonds is 4. The van der Waals surface area contributed by atoms with Crippen molar-refractivity contribution in [2.45, 2.75) is 18.7 Å². The fraction of sp³-hybridized carbons (Fsp3) is 0.364. The molecule has 2 rings (SSSR count). The van der Waals surface area contributed by atoms with Crippen LogP contribution in [0.15, 0.2) is 23.1 Å². The minimum atomic E-state index is 0.150. The first kappa shape index (κ1) is 12.1. The van der Waals surface area contributed by atoms with Crippen LogP contribution in [0.2, 0.25) is 0 Å². The van der Waals surface area contributed by atoms with Crippen molar-refractivity contribution in [2.75, 3.05) is 5.75 Å². The van der Waals surface area contributed by atoms with Gasteiger partial charge in [0.15, 0.2) is 0 Å². The molecule has 0 bridgehead atoms. The molecule has 0 saturated heterocycles. The number of aromatic nitrogens is 1. The summed E-state index contributed by atoms with van der Waals surface area (Å²) in [7, 11) is 3.58. The van der Waals surface area contributed by atoms with Crippen LogP contribution in [0.5, 0.6) is 5.19 Å². The number of hydrogen-bond donors (Lipinski definition) is 1. The molecule has 0 saturated carbocycles. The number of para-hydroxylation sites is 1. The number of benzene rings is 1. The minimum absolute atomic E-state index is 0.150. The SMILES string of the molecule is CC(C)CSSc1cccc2sc(O)nc12. The summed E-state index contributed by atoms with van der Waals surface area (Å²) in [6, 6.07) is 6.06. The van der Waals surface area contributed by atoms with E-state index in [4.69, 9.17) is 0 Å². The Labute approximate surface area is 107 Å². The maximum atomic E-state index is 9.39. The third kappa shape index (κ3) is 2.84. The van der Waals surface area contributed by atoms with Crippen LogP contribution in [0.3, 0.4) is 0 Å². The van der Waals surface area contributed by atoms with Gasteiger partial charge in [-0.2, -0.15) is 0 Å². The fourth-order valence-corrected chi connectivity index (χ4v) is 4.65. The highest BCUT2D eigenvalue weighted by Crippen LogP contribution is 2.39. The largest absolute Gasteiger partial charge is 0.486 e. The maximum absolute atomic E-state index is 9.39. The second-order valence-electron chi connectivity index (χ2n) is 3.86.